The minimum Gasteiger partial charge on any atom is -0.424 e. The molecule has 0 unspecified atom stereocenters. The van der Waals surface area contributed by atoms with Gasteiger partial charge in [0.1, 0.15) is 0 Å². The number of nitrogens with two attached hydrogens (primary N) is 1. The second kappa shape index (κ2) is 3.80. The number of halogens is 3. The summed E-state index contributed by atoms with van der Waals surface area (Å²) >= 11 is 0. The lowest BCUT2D eigenvalue weighted by Gasteiger charge is -2.10. The number of anilines is 1. The lowest BCUT2D eigenvalue weighted by molar-refractivity contribution is -0.138. The average Bonchev–Trinajstić information content (AvgIpc) is 2.64. The fourth-order valence-corrected chi connectivity index (χ4v) is 1.50. The molecule has 2 rings (SSSR count). The van der Waals surface area contributed by atoms with Gasteiger partial charge in [0, 0.05) is 5.56 Å². The highest BCUT2D eigenvalue weighted by Gasteiger charge is 2.32. The third-order valence-corrected chi connectivity index (χ3v) is 2.35. The Labute approximate surface area is 95.1 Å². The van der Waals surface area contributed by atoms with Gasteiger partial charge < -0.3 is 10.2 Å². The summed E-state index contributed by atoms with van der Waals surface area (Å²) in [6.07, 6.45) is -3.09. The molecule has 2 aromatic rings. The smallest absolute Gasteiger partial charge is 0.416 e. The Balaban J connectivity index is 2.51. The topological polar surface area (TPSA) is 52.0 Å². The van der Waals surface area contributed by atoms with E-state index in [1.807, 2.05) is 0 Å². The number of alkyl halides is 3. The molecule has 0 aliphatic heterocycles. The van der Waals surface area contributed by atoms with Crippen LogP contribution in [-0.4, -0.2) is 4.98 Å². The van der Waals surface area contributed by atoms with Crippen LogP contribution in [0.1, 0.15) is 11.1 Å². The van der Waals surface area contributed by atoms with Crippen LogP contribution in [0.25, 0.3) is 11.3 Å². The zero-order valence-corrected chi connectivity index (χ0v) is 8.88. The molecule has 0 saturated heterocycles. The van der Waals surface area contributed by atoms with Gasteiger partial charge >= 0.3 is 6.18 Å². The molecule has 0 aliphatic carbocycles. The van der Waals surface area contributed by atoms with E-state index in [-0.39, 0.29) is 17.3 Å². The molecular weight excluding hydrogens is 233 g/mol. The SMILES string of the molecule is Cc1ccc(-c2cnc(N)o2)cc1C(F)(F)F. The highest BCUT2D eigenvalue weighted by Crippen LogP contribution is 2.34. The van der Waals surface area contributed by atoms with Crippen LogP contribution < -0.4 is 5.73 Å². The third-order valence-electron chi connectivity index (χ3n) is 2.35. The maximum atomic E-state index is 12.7. The summed E-state index contributed by atoms with van der Waals surface area (Å²) in [5, 5.41) is 0. The van der Waals surface area contributed by atoms with Gasteiger partial charge in [0.15, 0.2) is 5.76 Å². The van der Waals surface area contributed by atoms with Crippen molar-refractivity contribution < 1.29 is 17.6 Å². The van der Waals surface area contributed by atoms with Crippen LogP contribution >= 0.6 is 0 Å². The summed E-state index contributed by atoms with van der Waals surface area (Å²) in [5.74, 6) is 0.216. The Morgan fingerprint density at radius 2 is 2.00 bits per heavy atom. The molecule has 0 fully saturated rings. The third kappa shape index (κ3) is 2.25. The molecule has 17 heavy (non-hydrogen) atoms. The first-order valence-corrected chi connectivity index (χ1v) is 4.77. The van der Waals surface area contributed by atoms with Gasteiger partial charge in [0.2, 0.25) is 0 Å². The summed E-state index contributed by atoms with van der Waals surface area (Å²) in [7, 11) is 0. The number of rotatable bonds is 1. The van der Waals surface area contributed by atoms with E-state index in [1.54, 1.807) is 0 Å². The highest BCUT2D eigenvalue weighted by atomic mass is 19.4. The van der Waals surface area contributed by atoms with Gasteiger partial charge in [-0.1, -0.05) is 12.1 Å². The van der Waals surface area contributed by atoms with Crippen molar-refractivity contribution >= 4 is 6.01 Å². The lowest BCUT2D eigenvalue weighted by atomic mass is 10.0. The minimum atomic E-state index is -4.38. The van der Waals surface area contributed by atoms with Crippen LogP contribution in [0.5, 0.6) is 0 Å². The van der Waals surface area contributed by atoms with E-state index in [0.29, 0.717) is 5.56 Å². The van der Waals surface area contributed by atoms with E-state index in [9.17, 15) is 13.2 Å². The Hall–Kier alpha value is -1.98. The Kier molecular flexibility index (Phi) is 2.57. The quantitative estimate of drug-likeness (QED) is 0.835. The Morgan fingerprint density at radius 3 is 2.53 bits per heavy atom. The molecule has 0 atom stereocenters. The molecule has 0 amide bonds. The maximum absolute atomic E-state index is 12.7. The predicted molar refractivity (Wildman–Crippen MR) is 56.1 cm³/mol. The molecule has 1 heterocycles. The number of benzene rings is 1. The molecule has 0 spiro atoms. The summed E-state index contributed by atoms with van der Waals surface area (Å²) in [6.45, 7) is 1.40. The largest absolute Gasteiger partial charge is 0.424 e. The molecule has 0 saturated carbocycles. The van der Waals surface area contributed by atoms with Gasteiger partial charge in [-0.05, 0) is 18.6 Å². The second-order valence-corrected chi connectivity index (χ2v) is 3.59. The Morgan fingerprint density at radius 1 is 1.29 bits per heavy atom. The van der Waals surface area contributed by atoms with Crippen molar-refractivity contribution in [3.63, 3.8) is 0 Å². The van der Waals surface area contributed by atoms with E-state index >= 15 is 0 Å². The fraction of sp³-hybridized carbons (Fsp3) is 0.182. The van der Waals surface area contributed by atoms with E-state index in [1.165, 1.54) is 25.3 Å². The van der Waals surface area contributed by atoms with Crippen molar-refractivity contribution in [2.75, 3.05) is 5.73 Å². The van der Waals surface area contributed by atoms with Gasteiger partial charge in [0.25, 0.3) is 6.01 Å². The zero-order chi connectivity index (χ0) is 12.6. The van der Waals surface area contributed by atoms with Crippen molar-refractivity contribution in [1.82, 2.24) is 4.98 Å². The first-order valence-electron chi connectivity index (χ1n) is 4.77. The van der Waals surface area contributed by atoms with Gasteiger partial charge in [0.05, 0.1) is 11.8 Å². The van der Waals surface area contributed by atoms with Crippen LogP contribution in [0.2, 0.25) is 0 Å². The lowest BCUT2D eigenvalue weighted by Crippen LogP contribution is -2.07. The van der Waals surface area contributed by atoms with Crippen molar-refractivity contribution in [2.24, 2.45) is 0 Å². The van der Waals surface area contributed by atoms with E-state index in [2.05, 4.69) is 4.98 Å². The monoisotopic (exact) mass is 242 g/mol. The summed E-state index contributed by atoms with van der Waals surface area (Å²) in [4.78, 5) is 3.64. The first-order chi connectivity index (χ1) is 7.88. The zero-order valence-electron chi connectivity index (χ0n) is 8.88. The predicted octanol–water partition coefficient (Wildman–Crippen LogP) is 3.25. The van der Waals surface area contributed by atoms with Gasteiger partial charge in [-0.15, -0.1) is 0 Å². The molecule has 3 nitrogen and oxygen atoms in total. The van der Waals surface area contributed by atoms with Gasteiger partial charge in [-0.3, -0.25) is 0 Å². The number of oxazole rings is 1. The van der Waals surface area contributed by atoms with Crippen molar-refractivity contribution in [1.29, 1.82) is 0 Å². The van der Waals surface area contributed by atoms with Crippen LogP contribution in [0.15, 0.2) is 28.8 Å². The number of aromatic nitrogens is 1. The fourth-order valence-electron chi connectivity index (χ4n) is 1.50. The number of hydrogen-bond donors (Lipinski definition) is 1. The molecule has 0 aliphatic rings. The summed E-state index contributed by atoms with van der Waals surface area (Å²) < 4.78 is 43.0. The highest BCUT2D eigenvalue weighted by molar-refractivity contribution is 5.59. The van der Waals surface area contributed by atoms with Gasteiger partial charge in [-0.2, -0.15) is 13.2 Å². The van der Waals surface area contributed by atoms with Crippen molar-refractivity contribution in [3.05, 3.63) is 35.5 Å². The van der Waals surface area contributed by atoms with Crippen LogP contribution in [-0.2, 0) is 6.18 Å². The first kappa shape index (κ1) is 11.5. The normalized spacial score (nSPS) is 11.8. The maximum Gasteiger partial charge on any atom is 0.416 e. The van der Waals surface area contributed by atoms with Crippen LogP contribution in [0, 0.1) is 6.92 Å². The number of aryl methyl sites for hydroxylation is 1. The summed E-state index contributed by atoms with van der Waals surface area (Å²) in [5.41, 5.74) is 5.04. The van der Waals surface area contributed by atoms with E-state index < -0.39 is 11.7 Å². The standard InChI is InChI=1S/C11H9F3N2O/c1-6-2-3-7(4-8(6)11(12,13)14)9-5-16-10(15)17-9/h2-5H,1H3,(H2,15,16). The second-order valence-electron chi connectivity index (χ2n) is 3.59. The molecule has 0 bridgehead atoms. The molecule has 1 aromatic carbocycles. The van der Waals surface area contributed by atoms with Crippen LogP contribution in [0.3, 0.4) is 0 Å². The van der Waals surface area contributed by atoms with E-state index in [4.69, 9.17) is 10.2 Å². The molecule has 1 aromatic heterocycles. The number of nitrogens with zero attached hydrogens (tertiary/aromatic N) is 1. The molecule has 0 radical (unpaired) electrons. The molecule has 2 N–H and O–H groups in total. The number of hydrogen-bond acceptors (Lipinski definition) is 3. The molecular formula is C11H9F3N2O. The summed E-state index contributed by atoms with van der Waals surface area (Å²) in [6, 6.07) is 3.87. The molecule has 90 valence electrons. The Bertz CT molecular complexity index is 546. The van der Waals surface area contributed by atoms with E-state index in [0.717, 1.165) is 6.07 Å². The van der Waals surface area contributed by atoms with Crippen LogP contribution in [0.4, 0.5) is 19.2 Å². The van der Waals surface area contributed by atoms with Crippen molar-refractivity contribution in [2.45, 2.75) is 13.1 Å². The minimum absolute atomic E-state index is 0.0749. The van der Waals surface area contributed by atoms with Crippen molar-refractivity contribution in [3.8, 4) is 11.3 Å². The van der Waals surface area contributed by atoms with Gasteiger partial charge in [-0.25, -0.2) is 4.98 Å². The average molecular weight is 242 g/mol. The molecule has 6 heteroatoms. The number of nitrogen functional groups attached to an aromatic ring is 1.